The lowest BCUT2D eigenvalue weighted by atomic mass is 10.0. The fourth-order valence-electron chi connectivity index (χ4n) is 1.32. The molecule has 0 radical (unpaired) electrons. The zero-order valence-electron chi connectivity index (χ0n) is 8.90. The van der Waals surface area contributed by atoms with Crippen molar-refractivity contribution in [1.29, 1.82) is 0 Å². The molecule has 0 aliphatic carbocycles. The van der Waals surface area contributed by atoms with Gasteiger partial charge < -0.3 is 15.1 Å². The summed E-state index contributed by atoms with van der Waals surface area (Å²) < 4.78 is 0. The maximum atomic E-state index is 11.6. The highest BCUT2D eigenvalue weighted by atomic mass is 16.3. The van der Waals surface area contributed by atoms with Crippen molar-refractivity contribution in [2.75, 3.05) is 14.1 Å². The van der Waals surface area contributed by atoms with Crippen LogP contribution in [-0.4, -0.2) is 35.1 Å². The molecule has 0 heterocycles. The second-order valence-electron chi connectivity index (χ2n) is 3.50. The summed E-state index contributed by atoms with van der Waals surface area (Å²) in [5.74, 6) is -0.116. The molecule has 0 aliphatic rings. The van der Waals surface area contributed by atoms with E-state index in [1.54, 1.807) is 32.3 Å². The van der Waals surface area contributed by atoms with E-state index in [1.807, 2.05) is 0 Å². The molecule has 0 atom stereocenters. The molecule has 1 aromatic carbocycles. The van der Waals surface area contributed by atoms with Gasteiger partial charge in [0.05, 0.1) is 13.2 Å². The molecule has 1 aromatic rings. The zero-order chi connectivity index (χ0) is 11.4. The van der Waals surface area contributed by atoms with Crippen molar-refractivity contribution in [3.63, 3.8) is 0 Å². The normalized spacial score (nSPS) is 10.1. The largest absolute Gasteiger partial charge is 0.392 e. The van der Waals surface area contributed by atoms with E-state index in [4.69, 9.17) is 10.2 Å². The van der Waals surface area contributed by atoms with Crippen molar-refractivity contribution in [3.05, 3.63) is 34.9 Å². The quantitative estimate of drug-likeness (QED) is 0.756. The van der Waals surface area contributed by atoms with Crippen LogP contribution in [0.4, 0.5) is 0 Å². The fraction of sp³-hybridized carbons (Fsp3) is 0.364. The van der Waals surface area contributed by atoms with E-state index in [1.165, 1.54) is 4.90 Å². The number of hydrogen-bond donors (Lipinski definition) is 2. The highest BCUT2D eigenvalue weighted by Gasteiger charge is 2.10. The molecule has 0 fully saturated rings. The molecule has 1 amide bonds. The van der Waals surface area contributed by atoms with Gasteiger partial charge in [0.1, 0.15) is 0 Å². The lowest BCUT2D eigenvalue weighted by molar-refractivity contribution is 0.0827. The molecule has 15 heavy (non-hydrogen) atoms. The molecule has 1 rings (SSSR count). The summed E-state index contributed by atoms with van der Waals surface area (Å²) in [6.07, 6.45) is 0. The number of rotatable bonds is 3. The Morgan fingerprint density at radius 1 is 1.20 bits per heavy atom. The van der Waals surface area contributed by atoms with Crippen LogP contribution >= 0.6 is 0 Å². The van der Waals surface area contributed by atoms with E-state index >= 15 is 0 Å². The smallest absolute Gasteiger partial charge is 0.253 e. The van der Waals surface area contributed by atoms with Crippen LogP contribution in [0.25, 0.3) is 0 Å². The average Bonchev–Trinajstić information content (AvgIpc) is 2.26. The Hall–Kier alpha value is -1.39. The van der Waals surface area contributed by atoms with E-state index in [9.17, 15) is 4.79 Å². The molecule has 0 saturated heterocycles. The molecule has 0 saturated carbocycles. The minimum Gasteiger partial charge on any atom is -0.392 e. The van der Waals surface area contributed by atoms with Gasteiger partial charge in [-0.2, -0.15) is 0 Å². The molecule has 4 nitrogen and oxygen atoms in total. The number of aliphatic hydroxyl groups is 2. The zero-order valence-corrected chi connectivity index (χ0v) is 8.90. The van der Waals surface area contributed by atoms with Gasteiger partial charge in [0.25, 0.3) is 5.91 Å². The third-order valence-electron chi connectivity index (χ3n) is 2.20. The Morgan fingerprint density at radius 2 is 1.80 bits per heavy atom. The summed E-state index contributed by atoms with van der Waals surface area (Å²) >= 11 is 0. The first-order valence-corrected chi connectivity index (χ1v) is 4.65. The number of carbonyl (C=O) groups excluding carboxylic acids is 1. The topological polar surface area (TPSA) is 60.8 Å². The highest BCUT2D eigenvalue weighted by Crippen LogP contribution is 2.13. The van der Waals surface area contributed by atoms with Gasteiger partial charge >= 0.3 is 0 Å². The monoisotopic (exact) mass is 209 g/mol. The maximum Gasteiger partial charge on any atom is 0.253 e. The van der Waals surface area contributed by atoms with E-state index < -0.39 is 0 Å². The Bertz CT molecular complexity index is 361. The molecule has 82 valence electrons. The molecule has 0 spiro atoms. The predicted molar refractivity (Wildman–Crippen MR) is 56.3 cm³/mol. The number of carbonyl (C=O) groups is 1. The van der Waals surface area contributed by atoms with Crippen molar-refractivity contribution in [3.8, 4) is 0 Å². The SMILES string of the molecule is CN(C)C(=O)c1ccc(CO)c(CO)c1. The molecular weight excluding hydrogens is 194 g/mol. The Balaban J connectivity index is 3.08. The number of amides is 1. The fourth-order valence-corrected chi connectivity index (χ4v) is 1.32. The van der Waals surface area contributed by atoms with Crippen LogP contribution in [0.3, 0.4) is 0 Å². The minimum atomic E-state index is -0.176. The van der Waals surface area contributed by atoms with Crippen LogP contribution in [0.1, 0.15) is 21.5 Å². The van der Waals surface area contributed by atoms with Crippen LogP contribution in [0.2, 0.25) is 0 Å². The van der Waals surface area contributed by atoms with Gasteiger partial charge in [0, 0.05) is 19.7 Å². The summed E-state index contributed by atoms with van der Waals surface area (Å²) in [5, 5.41) is 18.0. The standard InChI is InChI=1S/C11H15NO3/c1-12(2)11(15)8-3-4-9(6-13)10(5-8)7-14/h3-5,13-14H,6-7H2,1-2H3. The van der Waals surface area contributed by atoms with Gasteiger partial charge in [0.2, 0.25) is 0 Å². The van der Waals surface area contributed by atoms with E-state index in [0.29, 0.717) is 16.7 Å². The van der Waals surface area contributed by atoms with Crippen LogP contribution in [-0.2, 0) is 13.2 Å². The third-order valence-corrected chi connectivity index (χ3v) is 2.20. The van der Waals surface area contributed by atoms with Crippen LogP contribution < -0.4 is 0 Å². The average molecular weight is 209 g/mol. The van der Waals surface area contributed by atoms with Crippen LogP contribution in [0, 0.1) is 0 Å². The Kier molecular flexibility index (Phi) is 3.82. The summed E-state index contributed by atoms with van der Waals surface area (Å²) in [6.45, 7) is -0.309. The van der Waals surface area contributed by atoms with Crippen molar-refractivity contribution in [2.45, 2.75) is 13.2 Å². The van der Waals surface area contributed by atoms with Crippen molar-refractivity contribution in [2.24, 2.45) is 0 Å². The highest BCUT2D eigenvalue weighted by molar-refractivity contribution is 5.94. The predicted octanol–water partition coefficient (Wildman–Crippen LogP) is 0.373. The molecule has 0 bridgehead atoms. The van der Waals surface area contributed by atoms with Gasteiger partial charge in [-0.1, -0.05) is 6.07 Å². The second-order valence-corrected chi connectivity index (χ2v) is 3.50. The van der Waals surface area contributed by atoms with Gasteiger partial charge in [-0.25, -0.2) is 0 Å². The first kappa shape index (κ1) is 11.7. The van der Waals surface area contributed by atoms with Gasteiger partial charge in [-0.3, -0.25) is 4.79 Å². The Morgan fingerprint density at radius 3 is 2.27 bits per heavy atom. The van der Waals surface area contributed by atoms with E-state index in [0.717, 1.165) is 0 Å². The lowest BCUT2D eigenvalue weighted by Crippen LogP contribution is -2.21. The first-order valence-electron chi connectivity index (χ1n) is 4.65. The lowest BCUT2D eigenvalue weighted by Gasteiger charge is -2.12. The number of benzene rings is 1. The second kappa shape index (κ2) is 4.91. The van der Waals surface area contributed by atoms with Crippen molar-refractivity contribution < 1.29 is 15.0 Å². The van der Waals surface area contributed by atoms with Crippen LogP contribution in [0.15, 0.2) is 18.2 Å². The minimum absolute atomic E-state index is 0.116. The number of aliphatic hydroxyl groups excluding tert-OH is 2. The molecule has 0 unspecified atom stereocenters. The third kappa shape index (κ3) is 2.55. The molecule has 4 heteroatoms. The summed E-state index contributed by atoms with van der Waals surface area (Å²) in [5.41, 5.74) is 1.75. The van der Waals surface area contributed by atoms with E-state index in [-0.39, 0.29) is 19.1 Å². The van der Waals surface area contributed by atoms with Gasteiger partial charge in [0.15, 0.2) is 0 Å². The maximum absolute atomic E-state index is 11.6. The van der Waals surface area contributed by atoms with E-state index in [2.05, 4.69) is 0 Å². The molecule has 0 aromatic heterocycles. The van der Waals surface area contributed by atoms with Crippen molar-refractivity contribution >= 4 is 5.91 Å². The van der Waals surface area contributed by atoms with Crippen molar-refractivity contribution in [1.82, 2.24) is 4.90 Å². The first-order chi connectivity index (χ1) is 7.10. The Labute approximate surface area is 88.8 Å². The summed E-state index contributed by atoms with van der Waals surface area (Å²) in [6, 6.07) is 4.91. The van der Waals surface area contributed by atoms with Gasteiger partial charge in [-0.15, -0.1) is 0 Å². The molecule has 0 aliphatic heterocycles. The van der Waals surface area contributed by atoms with Gasteiger partial charge in [-0.05, 0) is 23.3 Å². The van der Waals surface area contributed by atoms with Crippen LogP contribution in [0.5, 0.6) is 0 Å². The molecular formula is C11H15NO3. The number of hydrogen-bond acceptors (Lipinski definition) is 3. The number of nitrogens with zero attached hydrogens (tertiary/aromatic N) is 1. The molecule has 2 N–H and O–H groups in total. The summed E-state index contributed by atoms with van der Waals surface area (Å²) in [4.78, 5) is 13.1. The summed E-state index contributed by atoms with van der Waals surface area (Å²) in [7, 11) is 3.34.